The number of unbranched alkanes of at least 4 members (excludes halogenated alkanes) is 1. The van der Waals surface area contributed by atoms with E-state index in [1.165, 1.54) is 12.8 Å². The van der Waals surface area contributed by atoms with Crippen LogP contribution in [0.1, 0.15) is 47.6 Å². The molecule has 0 aliphatic carbocycles. The second kappa shape index (κ2) is 11.3. The van der Waals surface area contributed by atoms with Crippen LogP contribution in [-0.2, 0) is 6.42 Å². The van der Waals surface area contributed by atoms with Gasteiger partial charge in [-0.05, 0) is 62.2 Å². The first kappa shape index (κ1) is 24.5. The zero-order chi connectivity index (χ0) is 25.6. The Morgan fingerprint density at radius 2 is 1.81 bits per heavy atom. The Hall–Kier alpha value is -4.15. The van der Waals surface area contributed by atoms with E-state index >= 15 is 0 Å². The van der Waals surface area contributed by atoms with Gasteiger partial charge in [-0.1, -0.05) is 30.3 Å². The zero-order valence-electron chi connectivity index (χ0n) is 20.8. The van der Waals surface area contributed by atoms with Gasteiger partial charge in [-0.25, -0.2) is 4.98 Å². The molecule has 2 aromatic heterocycles. The Balaban J connectivity index is 1.44. The number of rotatable bonds is 10. The number of H-pyrrole nitrogens is 2. The highest BCUT2D eigenvalue weighted by Gasteiger charge is 2.23. The minimum Gasteiger partial charge on any atom is -0.492 e. The van der Waals surface area contributed by atoms with Crippen LogP contribution in [0.5, 0.6) is 5.75 Å². The molecule has 7 heteroatoms. The van der Waals surface area contributed by atoms with E-state index in [9.17, 15) is 9.59 Å². The van der Waals surface area contributed by atoms with Gasteiger partial charge in [0.1, 0.15) is 23.8 Å². The lowest BCUT2D eigenvalue weighted by Gasteiger charge is -2.15. The molecule has 2 aromatic carbocycles. The Bertz CT molecular complexity index is 1470. The lowest BCUT2D eigenvalue weighted by Crippen LogP contribution is -2.25. The van der Waals surface area contributed by atoms with E-state index in [0.29, 0.717) is 53.1 Å². The fraction of sp³-hybridized carbons (Fsp3) is 0.300. The van der Waals surface area contributed by atoms with Crippen molar-refractivity contribution >= 4 is 16.8 Å². The van der Waals surface area contributed by atoms with Gasteiger partial charge in [0.2, 0.25) is 5.78 Å². The molecular formula is C30H30N4O3. The average Bonchev–Trinajstić information content (AvgIpc) is 3.58. The van der Waals surface area contributed by atoms with Crippen molar-refractivity contribution in [2.75, 3.05) is 26.2 Å². The monoisotopic (exact) mass is 494 g/mol. The summed E-state index contributed by atoms with van der Waals surface area (Å²) in [4.78, 5) is 39.9. The van der Waals surface area contributed by atoms with Crippen LogP contribution < -0.4 is 10.3 Å². The van der Waals surface area contributed by atoms with Crippen molar-refractivity contribution in [1.82, 2.24) is 19.9 Å². The Morgan fingerprint density at radius 1 is 1.05 bits per heavy atom. The van der Waals surface area contributed by atoms with Gasteiger partial charge in [0.25, 0.3) is 5.56 Å². The molecule has 4 aromatic rings. The Morgan fingerprint density at radius 3 is 2.54 bits per heavy atom. The van der Waals surface area contributed by atoms with Gasteiger partial charge >= 0.3 is 0 Å². The number of aromatic nitrogens is 3. The van der Waals surface area contributed by atoms with Gasteiger partial charge in [-0.3, -0.25) is 14.5 Å². The molecule has 1 aliphatic rings. The molecule has 5 rings (SSSR count). The van der Waals surface area contributed by atoms with Gasteiger partial charge in [-0.15, -0.1) is 12.3 Å². The summed E-state index contributed by atoms with van der Waals surface area (Å²) in [6.07, 6.45) is 9.73. The van der Waals surface area contributed by atoms with Crippen LogP contribution in [0.3, 0.4) is 0 Å². The normalized spacial score (nSPS) is 13.6. The van der Waals surface area contributed by atoms with Crippen molar-refractivity contribution in [3.05, 3.63) is 82.0 Å². The number of benzene rings is 2. The summed E-state index contributed by atoms with van der Waals surface area (Å²) >= 11 is 0. The van der Waals surface area contributed by atoms with Crippen LogP contribution in [0.25, 0.3) is 22.2 Å². The molecule has 2 N–H and O–H groups in total. The number of likely N-dealkylation sites (tertiary alicyclic amines) is 1. The summed E-state index contributed by atoms with van der Waals surface area (Å²) in [6, 6.07) is 16.6. The first-order valence-corrected chi connectivity index (χ1v) is 12.8. The van der Waals surface area contributed by atoms with Crippen molar-refractivity contribution in [2.24, 2.45) is 0 Å². The number of carbonyl (C=O) groups excluding carboxylic acids is 1. The van der Waals surface area contributed by atoms with Gasteiger partial charge in [0.05, 0.1) is 11.1 Å². The van der Waals surface area contributed by atoms with Gasteiger partial charge in [0.15, 0.2) is 0 Å². The topological polar surface area (TPSA) is 91.1 Å². The smallest absolute Gasteiger partial charge is 0.261 e. The average molecular weight is 495 g/mol. The lowest BCUT2D eigenvalue weighted by atomic mass is 9.98. The van der Waals surface area contributed by atoms with Crippen LogP contribution in [0.15, 0.2) is 59.4 Å². The number of terminal acetylenes is 1. The van der Waals surface area contributed by atoms with Gasteiger partial charge in [-0.2, -0.15) is 0 Å². The molecule has 1 saturated heterocycles. The van der Waals surface area contributed by atoms with E-state index < -0.39 is 0 Å². The third-order valence-electron chi connectivity index (χ3n) is 6.73. The maximum absolute atomic E-state index is 13.7. The van der Waals surface area contributed by atoms with E-state index in [1.54, 1.807) is 12.1 Å². The minimum absolute atomic E-state index is 0.214. The number of nitrogens with one attached hydrogen (secondary N) is 2. The summed E-state index contributed by atoms with van der Waals surface area (Å²) in [5.74, 6) is 3.66. The number of nitrogens with zero attached hydrogens (tertiary/aromatic N) is 2. The molecule has 0 unspecified atom stereocenters. The minimum atomic E-state index is -0.281. The second-order valence-corrected chi connectivity index (χ2v) is 9.29. The SMILES string of the molecule is C#CCCCc1nc2[nH]c(C(=O)c3ccc(OCCN4CCCC4)cc3)c(-c3ccccc3)c2c(=O)[nH]1. The number of ketones is 1. The van der Waals surface area contributed by atoms with E-state index in [1.807, 2.05) is 42.5 Å². The number of fused-ring (bicyclic) bond motifs is 1. The fourth-order valence-electron chi connectivity index (χ4n) is 4.83. The number of aromatic amines is 2. The third-order valence-corrected chi connectivity index (χ3v) is 6.73. The molecular weight excluding hydrogens is 464 g/mol. The molecule has 0 saturated carbocycles. The van der Waals surface area contributed by atoms with Crippen molar-refractivity contribution in [1.29, 1.82) is 0 Å². The van der Waals surface area contributed by atoms with E-state index in [0.717, 1.165) is 37.4 Å². The van der Waals surface area contributed by atoms with E-state index in [4.69, 9.17) is 11.2 Å². The van der Waals surface area contributed by atoms with Crippen LogP contribution in [0.2, 0.25) is 0 Å². The quantitative estimate of drug-likeness (QED) is 0.191. The standard InChI is InChI=1S/C30H30N4O3/c1-2-3-5-12-24-31-29-26(30(36)32-24)25(21-10-6-4-7-11-21)27(33-29)28(35)22-13-15-23(16-14-22)37-20-19-34-17-8-9-18-34/h1,4,6-7,10-11,13-16H,3,5,8-9,12,17-20H2,(H2,31,32,33,36). The predicted molar refractivity (Wildman–Crippen MR) is 145 cm³/mol. The zero-order valence-corrected chi connectivity index (χ0v) is 20.8. The molecule has 3 heterocycles. The Kier molecular flexibility index (Phi) is 7.48. The molecule has 0 radical (unpaired) electrons. The fourth-order valence-corrected chi connectivity index (χ4v) is 4.83. The van der Waals surface area contributed by atoms with Crippen molar-refractivity contribution in [3.8, 4) is 29.2 Å². The van der Waals surface area contributed by atoms with Gasteiger partial charge in [0, 0.05) is 30.5 Å². The third kappa shape index (κ3) is 5.50. The van der Waals surface area contributed by atoms with Crippen LogP contribution in [-0.4, -0.2) is 51.9 Å². The van der Waals surface area contributed by atoms with E-state index in [-0.39, 0.29) is 11.3 Å². The molecule has 7 nitrogen and oxygen atoms in total. The Labute approximate surface area is 215 Å². The van der Waals surface area contributed by atoms with Crippen molar-refractivity contribution < 1.29 is 9.53 Å². The highest BCUT2D eigenvalue weighted by Crippen LogP contribution is 2.31. The summed E-state index contributed by atoms with van der Waals surface area (Å²) in [7, 11) is 0. The van der Waals surface area contributed by atoms with E-state index in [2.05, 4.69) is 25.8 Å². The molecule has 0 amide bonds. The number of hydrogen-bond donors (Lipinski definition) is 2. The maximum atomic E-state index is 13.7. The van der Waals surface area contributed by atoms with Crippen molar-refractivity contribution in [2.45, 2.75) is 32.1 Å². The molecule has 0 bridgehead atoms. The molecule has 37 heavy (non-hydrogen) atoms. The largest absolute Gasteiger partial charge is 0.492 e. The van der Waals surface area contributed by atoms with Crippen LogP contribution in [0, 0.1) is 12.3 Å². The predicted octanol–water partition coefficient (Wildman–Crippen LogP) is 4.58. The van der Waals surface area contributed by atoms with Crippen molar-refractivity contribution in [3.63, 3.8) is 0 Å². The molecule has 0 atom stereocenters. The highest BCUT2D eigenvalue weighted by atomic mass is 16.5. The number of ether oxygens (including phenoxy) is 1. The lowest BCUT2D eigenvalue weighted by molar-refractivity contribution is 0.103. The first-order valence-electron chi connectivity index (χ1n) is 12.8. The summed E-state index contributed by atoms with van der Waals surface area (Å²) < 4.78 is 5.89. The second-order valence-electron chi connectivity index (χ2n) is 9.29. The summed E-state index contributed by atoms with van der Waals surface area (Å²) in [6.45, 7) is 3.79. The number of aryl methyl sites for hydroxylation is 1. The first-order chi connectivity index (χ1) is 18.1. The number of hydrogen-bond acceptors (Lipinski definition) is 5. The summed E-state index contributed by atoms with van der Waals surface area (Å²) in [5.41, 5.74) is 2.27. The highest BCUT2D eigenvalue weighted by molar-refractivity contribution is 6.16. The maximum Gasteiger partial charge on any atom is 0.261 e. The van der Waals surface area contributed by atoms with Gasteiger partial charge < -0.3 is 14.7 Å². The molecule has 1 fully saturated rings. The molecule has 1 aliphatic heterocycles. The summed E-state index contributed by atoms with van der Waals surface area (Å²) in [5, 5.41) is 0.372. The molecule has 0 spiro atoms. The number of carbonyl (C=O) groups is 1. The van der Waals surface area contributed by atoms with Crippen LogP contribution >= 0.6 is 0 Å². The molecule has 188 valence electrons. The van der Waals surface area contributed by atoms with Crippen LogP contribution in [0.4, 0.5) is 0 Å².